The normalized spacial score (nSPS) is 20.3. The summed E-state index contributed by atoms with van der Waals surface area (Å²) in [4.78, 5) is 17.2. The molecule has 3 aromatic rings. The van der Waals surface area contributed by atoms with Gasteiger partial charge < -0.3 is 0 Å². The van der Waals surface area contributed by atoms with Gasteiger partial charge in [0, 0.05) is 34.0 Å². The molecule has 5 heteroatoms. The fourth-order valence-corrected chi connectivity index (χ4v) is 4.56. The Morgan fingerprint density at radius 1 is 1.22 bits per heavy atom. The highest BCUT2D eigenvalue weighted by Gasteiger charge is 2.29. The minimum Gasteiger partial charge on any atom is -0.299 e. The van der Waals surface area contributed by atoms with Gasteiger partial charge in [-0.05, 0) is 40.8 Å². The van der Waals surface area contributed by atoms with Gasteiger partial charge in [0.05, 0.1) is 12.2 Å². The average molecular weight is 426 g/mol. The Morgan fingerprint density at radius 3 is 2.78 bits per heavy atom. The first-order valence-electron chi connectivity index (χ1n) is 9.76. The molecule has 4 rings (SSSR count). The number of pyridine rings is 1. The lowest BCUT2D eigenvalue weighted by Gasteiger charge is -2.27. The van der Waals surface area contributed by atoms with Crippen LogP contribution in [0, 0.1) is 11.8 Å². The summed E-state index contributed by atoms with van der Waals surface area (Å²) in [5.41, 5.74) is 2.87. The van der Waals surface area contributed by atoms with Crippen LogP contribution in [-0.4, -0.2) is 20.5 Å². The summed E-state index contributed by atoms with van der Waals surface area (Å²) >= 11 is 3.52. The van der Waals surface area contributed by atoms with E-state index in [9.17, 15) is 4.79 Å². The third-order valence-corrected chi connectivity index (χ3v) is 6.00. The summed E-state index contributed by atoms with van der Waals surface area (Å²) in [7, 11) is 0. The van der Waals surface area contributed by atoms with E-state index in [1.54, 1.807) is 6.20 Å². The molecule has 2 aromatic heterocycles. The molecule has 140 valence electrons. The molecule has 2 heterocycles. The lowest BCUT2D eigenvalue weighted by molar-refractivity contribution is -0.126. The number of halogens is 1. The summed E-state index contributed by atoms with van der Waals surface area (Å²) < 4.78 is 2.94. The second-order valence-corrected chi connectivity index (χ2v) is 8.44. The zero-order valence-electron chi connectivity index (χ0n) is 15.6. The molecule has 0 saturated heterocycles. The lowest BCUT2D eigenvalue weighted by Crippen LogP contribution is -2.28. The molecule has 1 fully saturated rings. The van der Waals surface area contributed by atoms with Gasteiger partial charge >= 0.3 is 0 Å². The van der Waals surface area contributed by atoms with Crippen molar-refractivity contribution in [3.05, 3.63) is 47.1 Å². The van der Waals surface area contributed by atoms with Crippen LogP contribution < -0.4 is 0 Å². The van der Waals surface area contributed by atoms with Crippen molar-refractivity contribution in [1.82, 2.24) is 14.8 Å². The quantitative estimate of drug-likeness (QED) is 0.530. The second kappa shape index (κ2) is 7.93. The molecule has 0 N–H and O–H groups in total. The molecule has 1 aliphatic rings. The van der Waals surface area contributed by atoms with E-state index in [1.807, 2.05) is 22.9 Å². The van der Waals surface area contributed by atoms with Crippen LogP contribution in [0.3, 0.4) is 0 Å². The maximum atomic E-state index is 12.7. The third-order valence-electron chi connectivity index (χ3n) is 5.57. The van der Waals surface area contributed by atoms with E-state index < -0.39 is 0 Å². The number of fused-ring (bicyclic) bond motifs is 1. The Morgan fingerprint density at radius 2 is 2.04 bits per heavy atom. The van der Waals surface area contributed by atoms with Crippen molar-refractivity contribution in [2.45, 2.75) is 45.6 Å². The van der Waals surface area contributed by atoms with Crippen molar-refractivity contribution in [3.8, 4) is 11.3 Å². The fourth-order valence-electron chi connectivity index (χ4n) is 4.23. The van der Waals surface area contributed by atoms with E-state index in [-0.39, 0.29) is 5.92 Å². The molecule has 1 aliphatic carbocycles. The molecule has 4 nitrogen and oxygen atoms in total. The predicted octanol–water partition coefficient (Wildman–Crippen LogP) is 5.65. The average Bonchev–Trinajstić information content (AvgIpc) is 3.02. The monoisotopic (exact) mass is 425 g/mol. The van der Waals surface area contributed by atoms with Crippen molar-refractivity contribution < 1.29 is 4.79 Å². The first-order valence-corrected chi connectivity index (χ1v) is 10.5. The van der Waals surface area contributed by atoms with Crippen LogP contribution in [0.2, 0.25) is 0 Å². The van der Waals surface area contributed by atoms with Crippen molar-refractivity contribution >= 4 is 32.7 Å². The third kappa shape index (κ3) is 3.84. The molecule has 0 spiro atoms. The standard InChI is InChI=1S/C22H24BrN3O/c1-2-6-15-9-10-17(20(27)11-15)14-26-21(16-7-4-3-5-8-16)19-12-18(23)13-24-22(19)25-26/h3-5,7-8,12-13,15,17H,2,6,9-11,14H2,1H3. The zero-order valence-corrected chi connectivity index (χ0v) is 17.2. The molecule has 27 heavy (non-hydrogen) atoms. The van der Waals surface area contributed by atoms with Gasteiger partial charge in [0.1, 0.15) is 5.78 Å². The largest absolute Gasteiger partial charge is 0.299 e. The number of ketones is 1. The van der Waals surface area contributed by atoms with Crippen molar-refractivity contribution in [1.29, 1.82) is 0 Å². The van der Waals surface area contributed by atoms with E-state index >= 15 is 0 Å². The van der Waals surface area contributed by atoms with E-state index in [2.05, 4.69) is 46.0 Å². The Bertz CT molecular complexity index is 951. The summed E-state index contributed by atoms with van der Waals surface area (Å²) in [6.45, 7) is 2.83. The molecule has 0 bridgehead atoms. The van der Waals surface area contributed by atoms with Gasteiger partial charge in [-0.2, -0.15) is 5.10 Å². The van der Waals surface area contributed by atoms with Crippen molar-refractivity contribution in [2.24, 2.45) is 11.8 Å². The number of nitrogens with zero attached hydrogens (tertiary/aromatic N) is 3. The lowest BCUT2D eigenvalue weighted by atomic mass is 9.79. The van der Waals surface area contributed by atoms with Crippen molar-refractivity contribution in [2.75, 3.05) is 0 Å². The number of hydrogen-bond donors (Lipinski definition) is 0. The maximum absolute atomic E-state index is 12.7. The smallest absolute Gasteiger partial charge is 0.181 e. The topological polar surface area (TPSA) is 47.8 Å². The van der Waals surface area contributed by atoms with Gasteiger partial charge in [-0.15, -0.1) is 0 Å². The van der Waals surface area contributed by atoms with Crippen LogP contribution in [0.4, 0.5) is 0 Å². The highest BCUT2D eigenvalue weighted by molar-refractivity contribution is 9.10. The minimum atomic E-state index is 0.0540. The Kier molecular flexibility index (Phi) is 5.39. The molecule has 2 unspecified atom stereocenters. The van der Waals surface area contributed by atoms with E-state index in [0.717, 1.165) is 58.9 Å². The summed E-state index contributed by atoms with van der Waals surface area (Å²) in [5, 5.41) is 5.76. The van der Waals surface area contributed by atoms with E-state index in [4.69, 9.17) is 5.10 Å². The summed E-state index contributed by atoms with van der Waals surface area (Å²) in [6, 6.07) is 12.3. The van der Waals surface area contributed by atoms with Gasteiger partial charge in [0.25, 0.3) is 0 Å². The molecule has 0 amide bonds. The molecule has 0 aliphatic heterocycles. The van der Waals surface area contributed by atoms with E-state index in [0.29, 0.717) is 18.2 Å². The maximum Gasteiger partial charge on any atom is 0.181 e. The summed E-state index contributed by atoms with van der Waals surface area (Å²) in [6.07, 6.45) is 6.93. The number of benzene rings is 1. The Labute approximate surface area is 168 Å². The fraction of sp³-hybridized carbons (Fsp3) is 0.409. The highest BCUT2D eigenvalue weighted by Crippen LogP contribution is 2.34. The van der Waals surface area contributed by atoms with Gasteiger partial charge in [0.15, 0.2) is 5.65 Å². The van der Waals surface area contributed by atoms with Crippen LogP contribution in [0.1, 0.15) is 39.0 Å². The predicted molar refractivity (Wildman–Crippen MR) is 111 cm³/mol. The molecular weight excluding hydrogens is 402 g/mol. The molecular formula is C22H24BrN3O. The van der Waals surface area contributed by atoms with Crippen LogP contribution in [0.5, 0.6) is 0 Å². The number of aromatic nitrogens is 3. The molecule has 1 aromatic carbocycles. The molecule has 1 saturated carbocycles. The number of Topliss-reactive ketones (excluding diaryl/α,β-unsaturated/α-hetero) is 1. The SMILES string of the molecule is CCCC1CCC(Cn2nc3ncc(Br)cc3c2-c2ccccc2)C(=O)C1. The van der Waals surface area contributed by atoms with Crippen LogP contribution in [-0.2, 0) is 11.3 Å². The number of carbonyl (C=O) groups excluding carboxylic acids is 1. The van der Waals surface area contributed by atoms with Crippen LogP contribution in [0.25, 0.3) is 22.3 Å². The van der Waals surface area contributed by atoms with Crippen molar-refractivity contribution in [3.63, 3.8) is 0 Å². The van der Waals surface area contributed by atoms with Gasteiger partial charge in [-0.25, -0.2) is 4.98 Å². The van der Waals surface area contributed by atoms with Crippen LogP contribution in [0.15, 0.2) is 47.1 Å². The van der Waals surface area contributed by atoms with Gasteiger partial charge in [0.2, 0.25) is 0 Å². The Hall–Kier alpha value is -2.01. The van der Waals surface area contributed by atoms with E-state index in [1.165, 1.54) is 0 Å². The first-order chi connectivity index (χ1) is 13.2. The van der Waals surface area contributed by atoms with Gasteiger partial charge in [-0.3, -0.25) is 9.48 Å². The second-order valence-electron chi connectivity index (χ2n) is 7.52. The number of hydrogen-bond acceptors (Lipinski definition) is 3. The molecule has 0 radical (unpaired) electrons. The number of carbonyl (C=O) groups is 1. The minimum absolute atomic E-state index is 0.0540. The number of rotatable bonds is 5. The Balaban J connectivity index is 1.69. The zero-order chi connectivity index (χ0) is 18.8. The summed E-state index contributed by atoms with van der Waals surface area (Å²) in [5.74, 6) is 1.02. The highest BCUT2D eigenvalue weighted by atomic mass is 79.9. The van der Waals surface area contributed by atoms with Gasteiger partial charge in [-0.1, -0.05) is 50.1 Å². The van der Waals surface area contributed by atoms with Crippen LogP contribution >= 0.6 is 15.9 Å². The molecule has 2 atom stereocenters. The first kappa shape index (κ1) is 18.4.